The Morgan fingerprint density at radius 1 is 1.18 bits per heavy atom. The van der Waals surface area contributed by atoms with E-state index in [0.717, 1.165) is 42.8 Å². The molecule has 1 fully saturated rings. The van der Waals surface area contributed by atoms with Crippen LogP contribution in [0.2, 0.25) is 0 Å². The Kier molecular flexibility index (Phi) is 3.83. The van der Waals surface area contributed by atoms with Crippen LogP contribution in [0, 0.1) is 0 Å². The quantitative estimate of drug-likeness (QED) is 0.696. The number of hydrogen-bond acceptors (Lipinski definition) is 7. The summed E-state index contributed by atoms with van der Waals surface area (Å²) < 4.78 is 28.7. The molecule has 144 valence electrons. The number of benzene rings is 1. The first-order valence-electron chi connectivity index (χ1n) is 9.11. The van der Waals surface area contributed by atoms with Crippen LogP contribution >= 0.6 is 0 Å². The maximum atomic E-state index is 12.3. The van der Waals surface area contributed by atoms with Gasteiger partial charge in [-0.2, -0.15) is 13.5 Å². The van der Waals surface area contributed by atoms with Crippen LogP contribution in [0.1, 0.15) is 18.4 Å². The van der Waals surface area contributed by atoms with Crippen LogP contribution in [0.3, 0.4) is 0 Å². The SMILES string of the molecule is CN(C1=NS(=O)(=O)c2ccccc21)C1CCN(c2ncnc3[nH]ncc23)CC1. The smallest absolute Gasteiger partial charge is 0.285 e. The largest absolute Gasteiger partial charge is 0.356 e. The van der Waals surface area contributed by atoms with E-state index in [1.165, 1.54) is 0 Å². The van der Waals surface area contributed by atoms with Crippen LogP contribution in [0.4, 0.5) is 5.82 Å². The van der Waals surface area contributed by atoms with Crippen LogP contribution < -0.4 is 4.90 Å². The molecule has 0 atom stereocenters. The summed E-state index contributed by atoms with van der Waals surface area (Å²) in [5.74, 6) is 1.42. The number of fused-ring (bicyclic) bond motifs is 2. The minimum Gasteiger partial charge on any atom is -0.356 e. The van der Waals surface area contributed by atoms with Crippen molar-refractivity contribution in [3.63, 3.8) is 0 Å². The molecule has 5 rings (SSSR count). The summed E-state index contributed by atoms with van der Waals surface area (Å²) in [6.45, 7) is 1.63. The zero-order valence-electron chi connectivity index (χ0n) is 15.3. The fourth-order valence-corrected chi connectivity index (χ4v) is 5.23. The van der Waals surface area contributed by atoms with E-state index < -0.39 is 10.0 Å². The van der Waals surface area contributed by atoms with E-state index in [4.69, 9.17) is 0 Å². The van der Waals surface area contributed by atoms with Crippen molar-refractivity contribution in [1.82, 2.24) is 25.1 Å². The van der Waals surface area contributed by atoms with Gasteiger partial charge in [0.15, 0.2) is 11.5 Å². The van der Waals surface area contributed by atoms with Gasteiger partial charge in [0, 0.05) is 31.7 Å². The highest BCUT2D eigenvalue weighted by molar-refractivity contribution is 7.90. The first kappa shape index (κ1) is 17.1. The Bertz CT molecular complexity index is 1180. The second kappa shape index (κ2) is 6.26. The van der Waals surface area contributed by atoms with Crippen LogP contribution in [-0.2, 0) is 10.0 Å². The zero-order valence-corrected chi connectivity index (χ0v) is 16.1. The summed E-state index contributed by atoms with van der Waals surface area (Å²) in [7, 11) is -1.68. The van der Waals surface area contributed by atoms with Crippen molar-refractivity contribution in [1.29, 1.82) is 0 Å². The molecule has 1 N–H and O–H groups in total. The number of rotatable bonds is 2. The van der Waals surface area contributed by atoms with Crippen molar-refractivity contribution in [2.75, 3.05) is 25.0 Å². The molecule has 3 aromatic rings. The lowest BCUT2D eigenvalue weighted by atomic mass is 10.0. The van der Waals surface area contributed by atoms with Gasteiger partial charge in [0.05, 0.1) is 11.6 Å². The second-order valence-corrected chi connectivity index (χ2v) is 8.62. The number of hydrogen-bond donors (Lipinski definition) is 1. The molecule has 28 heavy (non-hydrogen) atoms. The predicted molar refractivity (Wildman–Crippen MR) is 105 cm³/mol. The number of nitrogens with zero attached hydrogens (tertiary/aromatic N) is 6. The van der Waals surface area contributed by atoms with Crippen molar-refractivity contribution in [2.45, 2.75) is 23.8 Å². The number of aromatic nitrogens is 4. The van der Waals surface area contributed by atoms with Gasteiger partial charge in [0.1, 0.15) is 17.0 Å². The Morgan fingerprint density at radius 2 is 1.96 bits per heavy atom. The van der Waals surface area contributed by atoms with Gasteiger partial charge < -0.3 is 9.80 Å². The fraction of sp³-hybridized carbons (Fsp3) is 0.333. The molecule has 0 amide bonds. The van der Waals surface area contributed by atoms with Crippen LogP contribution in [0.5, 0.6) is 0 Å². The van der Waals surface area contributed by atoms with Crippen molar-refractivity contribution in [3.05, 3.63) is 42.4 Å². The highest BCUT2D eigenvalue weighted by atomic mass is 32.2. The third kappa shape index (κ3) is 2.63. The van der Waals surface area contributed by atoms with Crippen LogP contribution in [0.15, 0.2) is 46.1 Å². The highest BCUT2D eigenvalue weighted by Crippen LogP contribution is 2.30. The van der Waals surface area contributed by atoms with Gasteiger partial charge in [-0.05, 0) is 25.0 Å². The summed E-state index contributed by atoms with van der Waals surface area (Å²) in [5.41, 5.74) is 1.41. The predicted octanol–water partition coefficient (Wildman–Crippen LogP) is 1.40. The lowest BCUT2D eigenvalue weighted by Crippen LogP contribution is -2.46. The van der Waals surface area contributed by atoms with E-state index in [0.29, 0.717) is 11.4 Å². The molecule has 9 nitrogen and oxygen atoms in total. The molecule has 0 radical (unpaired) electrons. The Balaban J connectivity index is 1.36. The lowest BCUT2D eigenvalue weighted by Gasteiger charge is -2.38. The monoisotopic (exact) mass is 397 g/mol. The molecular weight excluding hydrogens is 378 g/mol. The summed E-state index contributed by atoms with van der Waals surface area (Å²) in [6, 6.07) is 7.21. The molecule has 10 heteroatoms. The molecule has 0 bridgehead atoms. The summed E-state index contributed by atoms with van der Waals surface area (Å²) in [5, 5.41) is 7.84. The molecule has 4 heterocycles. The van der Waals surface area contributed by atoms with Crippen molar-refractivity contribution < 1.29 is 8.42 Å². The molecule has 2 aliphatic rings. The minimum atomic E-state index is -3.60. The Morgan fingerprint density at radius 3 is 2.79 bits per heavy atom. The van der Waals surface area contributed by atoms with E-state index in [1.54, 1.807) is 24.7 Å². The molecule has 0 unspecified atom stereocenters. The van der Waals surface area contributed by atoms with Gasteiger partial charge in [-0.3, -0.25) is 5.10 Å². The normalized spacial score (nSPS) is 18.9. The summed E-state index contributed by atoms with van der Waals surface area (Å²) >= 11 is 0. The third-order valence-electron chi connectivity index (χ3n) is 5.49. The molecule has 0 spiro atoms. The van der Waals surface area contributed by atoms with Gasteiger partial charge >= 0.3 is 0 Å². The molecule has 1 aromatic carbocycles. The third-order valence-corrected chi connectivity index (χ3v) is 6.81. The van der Waals surface area contributed by atoms with Crippen molar-refractivity contribution in [2.24, 2.45) is 4.40 Å². The van der Waals surface area contributed by atoms with Gasteiger partial charge in [0.25, 0.3) is 10.0 Å². The van der Waals surface area contributed by atoms with Crippen LogP contribution in [0.25, 0.3) is 11.0 Å². The number of nitrogens with one attached hydrogen (secondary N) is 1. The number of sulfonamides is 1. The number of anilines is 1. The van der Waals surface area contributed by atoms with Gasteiger partial charge in [0.2, 0.25) is 0 Å². The van der Waals surface area contributed by atoms with Crippen LogP contribution in [-0.4, -0.2) is 65.5 Å². The summed E-state index contributed by atoms with van der Waals surface area (Å²) in [4.78, 5) is 13.2. The minimum absolute atomic E-state index is 0.207. The number of aromatic amines is 1. The topological polar surface area (TPSA) is 107 Å². The second-order valence-electron chi connectivity index (χ2n) is 7.04. The maximum absolute atomic E-state index is 12.3. The Labute approximate surface area is 162 Å². The average Bonchev–Trinajstić information content (AvgIpc) is 3.30. The molecule has 0 saturated carbocycles. The number of piperidine rings is 1. The van der Waals surface area contributed by atoms with Gasteiger partial charge in [-0.25, -0.2) is 9.97 Å². The summed E-state index contributed by atoms with van der Waals surface area (Å²) in [6.07, 6.45) is 5.04. The first-order valence-corrected chi connectivity index (χ1v) is 10.5. The molecular formula is C18H19N7O2S. The van der Waals surface area contributed by atoms with Crippen molar-refractivity contribution in [3.8, 4) is 0 Å². The first-order chi connectivity index (χ1) is 13.5. The van der Waals surface area contributed by atoms with Crippen molar-refractivity contribution >= 4 is 32.7 Å². The molecule has 2 aromatic heterocycles. The van der Waals surface area contributed by atoms with E-state index in [2.05, 4.69) is 29.5 Å². The maximum Gasteiger partial charge on any atom is 0.285 e. The van der Waals surface area contributed by atoms with E-state index in [-0.39, 0.29) is 10.9 Å². The van der Waals surface area contributed by atoms with E-state index >= 15 is 0 Å². The Hall–Kier alpha value is -3.01. The van der Waals surface area contributed by atoms with E-state index in [1.807, 2.05) is 24.1 Å². The van der Waals surface area contributed by atoms with Gasteiger partial charge in [-0.15, -0.1) is 4.40 Å². The van der Waals surface area contributed by atoms with E-state index in [9.17, 15) is 8.42 Å². The highest BCUT2D eigenvalue weighted by Gasteiger charge is 2.34. The number of H-pyrrole nitrogens is 1. The number of amidine groups is 1. The average molecular weight is 397 g/mol. The molecule has 2 aliphatic heterocycles. The molecule has 1 saturated heterocycles. The van der Waals surface area contributed by atoms with Gasteiger partial charge in [-0.1, -0.05) is 12.1 Å². The fourth-order valence-electron chi connectivity index (χ4n) is 3.98. The molecule has 0 aliphatic carbocycles. The zero-order chi connectivity index (χ0) is 19.3. The lowest BCUT2D eigenvalue weighted by molar-refractivity contribution is 0.306. The standard InChI is InChI=1S/C18H19N7O2S/c1-24(18-13-4-2-3-5-15(13)28(26,27)23-18)12-6-8-25(9-7-12)17-14-10-21-22-16(14)19-11-20-17/h2-5,10-12H,6-9H2,1H3,(H,19,20,21,22).